The van der Waals surface area contributed by atoms with Gasteiger partial charge in [0.15, 0.2) is 6.04 Å². The molecule has 1 N–H and O–H groups in total. The molecule has 2 amide bonds. The number of ether oxygens (including phenoxy) is 2. The van der Waals surface area contributed by atoms with Crippen molar-refractivity contribution in [2.75, 3.05) is 13.7 Å². The van der Waals surface area contributed by atoms with E-state index in [4.69, 9.17) is 44.3 Å². The molecule has 0 bridgehead atoms. The zero-order chi connectivity index (χ0) is 28.4. The number of halogens is 3. The number of hydrogen-bond donors (Lipinski definition) is 1. The Labute approximate surface area is 250 Å². The fourth-order valence-electron chi connectivity index (χ4n) is 4.96. The second-order valence-electron chi connectivity index (χ2n) is 9.45. The number of thioether (sulfide) groups is 1. The summed E-state index contributed by atoms with van der Waals surface area (Å²) in [5.74, 6) is -0.625. The molecule has 2 aliphatic heterocycles. The summed E-state index contributed by atoms with van der Waals surface area (Å²) in [5, 5.41) is 6.10. The monoisotopic (exact) mass is 618 g/mol. The van der Waals surface area contributed by atoms with Crippen LogP contribution < -0.4 is 10.1 Å². The molecule has 0 aliphatic carbocycles. The molecule has 0 radical (unpaired) electrons. The average molecular weight is 620 g/mol. The molecule has 3 atom stereocenters. The van der Waals surface area contributed by atoms with E-state index in [0.717, 1.165) is 27.6 Å². The SMILES string of the molecule is COc1ccc(CC2=CS[C@@H]3[C@H](NC(=O)Cc4ccccc4)C(=O)N3C2C(=O)OCC(Cl)(Cl)Cl)c2ccccc12. The van der Waals surface area contributed by atoms with Crippen molar-refractivity contribution in [3.8, 4) is 5.75 Å². The van der Waals surface area contributed by atoms with Gasteiger partial charge in [-0.15, -0.1) is 11.8 Å². The number of rotatable bonds is 8. The average Bonchev–Trinajstić information content (AvgIpc) is 2.94. The number of amides is 2. The first kappa shape index (κ1) is 28.6. The molecule has 1 unspecified atom stereocenters. The van der Waals surface area contributed by atoms with Crippen LogP contribution in [-0.2, 0) is 32.0 Å². The molecule has 1 fully saturated rings. The highest BCUT2D eigenvalue weighted by Gasteiger charge is 2.56. The van der Waals surface area contributed by atoms with E-state index in [-0.39, 0.29) is 18.2 Å². The summed E-state index contributed by atoms with van der Waals surface area (Å²) in [7, 11) is 1.61. The van der Waals surface area contributed by atoms with Gasteiger partial charge in [0.2, 0.25) is 15.6 Å². The number of hydrogen-bond acceptors (Lipinski definition) is 6. The van der Waals surface area contributed by atoms with Crippen LogP contribution >= 0.6 is 46.6 Å². The van der Waals surface area contributed by atoms with Crippen molar-refractivity contribution in [3.05, 3.63) is 88.8 Å². The van der Waals surface area contributed by atoms with Crippen LogP contribution in [0.1, 0.15) is 11.1 Å². The second kappa shape index (κ2) is 11.9. The van der Waals surface area contributed by atoms with E-state index >= 15 is 0 Å². The summed E-state index contributed by atoms with van der Waals surface area (Å²) in [4.78, 5) is 40.9. The van der Waals surface area contributed by atoms with Crippen LogP contribution in [0.5, 0.6) is 5.75 Å². The number of carbonyl (C=O) groups excluding carboxylic acids is 3. The summed E-state index contributed by atoms with van der Waals surface area (Å²) in [5.41, 5.74) is 2.44. The summed E-state index contributed by atoms with van der Waals surface area (Å²) in [6.45, 7) is -0.469. The number of nitrogens with one attached hydrogen (secondary N) is 1. The van der Waals surface area contributed by atoms with Gasteiger partial charge in [0, 0.05) is 5.39 Å². The van der Waals surface area contributed by atoms with E-state index in [1.54, 1.807) is 7.11 Å². The highest BCUT2D eigenvalue weighted by atomic mass is 35.6. The molecule has 0 aromatic heterocycles. The van der Waals surface area contributed by atoms with E-state index < -0.39 is 33.8 Å². The lowest BCUT2D eigenvalue weighted by Crippen LogP contribution is -2.74. The van der Waals surface area contributed by atoms with Crippen molar-refractivity contribution < 1.29 is 23.9 Å². The Balaban J connectivity index is 1.40. The largest absolute Gasteiger partial charge is 0.496 e. The van der Waals surface area contributed by atoms with Crippen molar-refractivity contribution >= 4 is 75.1 Å². The molecule has 40 heavy (non-hydrogen) atoms. The van der Waals surface area contributed by atoms with Crippen LogP contribution in [0.4, 0.5) is 0 Å². The minimum Gasteiger partial charge on any atom is -0.496 e. The first-order valence-electron chi connectivity index (χ1n) is 12.4. The Hall–Kier alpha value is -2.91. The molecular weight excluding hydrogens is 595 g/mol. The minimum absolute atomic E-state index is 0.141. The summed E-state index contributed by atoms with van der Waals surface area (Å²) >= 11 is 18.9. The third kappa shape index (κ3) is 6.05. The lowest BCUT2D eigenvalue weighted by atomic mass is 9.91. The van der Waals surface area contributed by atoms with E-state index in [9.17, 15) is 14.4 Å². The Morgan fingerprint density at radius 3 is 2.40 bits per heavy atom. The van der Waals surface area contributed by atoms with Crippen molar-refractivity contribution in [2.45, 2.75) is 34.1 Å². The van der Waals surface area contributed by atoms with Gasteiger partial charge in [-0.1, -0.05) is 95.5 Å². The predicted octanol–water partition coefficient (Wildman–Crippen LogP) is 5.20. The Kier molecular flexibility index (Phi) is 8.52. The normalized spacial score (nSPS) is 20.3. The highest BCUT2D eigenvalue weighted by Crippen LogP contribution is 2.42. The molecule has 5 rings (SSSR count). The number of nitrogens with zero attached hydrogens (tertiary/aromatic N) is 1. The zero-order valence-corrected chi connectivity index (χ0v) is 24.4. The fourth-order valence-corrected chi connectivity index (χ4v) is 6.35. The topological polar surface area (TPSA) is 84.9 Å². The fraction of sp³-hybridized carbons (Fsp3) is 0.276. The van der Waals surface area contributed by atoms with Crippen LogP contribution in [0.25, 0.3) is 10.8 Å². The number of carbonyl (C=O) groups is 3. The van der Waals surface area contributed by atoms with Crippen LogP contribution in [0.2, 0.25) is 0 Å². The molecule has 0 spiro atoms. The molecule has 1 saturated heterocycles. The van der Waals surface area contributed by atoms with E-state index in [1.807, 2.05) is 72.1 Å². The van der Waals surface area contributed by atoms with Crippen LogP contribution in [0.15, 0.2) is 77.7 Å². The second-order valence-corrected chi connectivity index (χ2v) is 13.0. The zero-order valence-electron chi connectivity index (χ0n) is 21.3. The number of fused-ring (bicyclic) bond motifs is 2. The maximum Gasteiger partial charge on any atom is 0.333 e. The molecule has 2 aliphatic rings. The van der Waals surface area contributed by atoms with E-state index in [2.05, 4.69) is 5.32 Å². The number of methoxy groups -OCH3 is 1. The van der Waals surface area contributed by atoms with E-state index in [0.29, 0.717) is 12.0 Å². The third-order valence-electron chi connectivity index (χ3n) is 6.78. The Bertz CT molecular complexity index is 1480. The number of β-lactam (4-membered cyclic amide) rings is 1. The molecular formula is C29H25Cl3N2O5S. The van der Waals surface area contributed by atoms with Crippen molar-refractivity contribution in [1.29, 1.82) is 0 Å². The van der Waals surface area contributed by atoms with Gasteiger partial charge >= 0.3 is 5.97 Å². The van der Waals surface area contributed by atoms with Crippen LogP contribution in [0, 0.1) is 0 Å². The van der Waals surface area contributed by atoms with Gasteiger partial charge in [0.1, 0.15) is 23.8 Å². The molecule has 2 heterocycles. The first-order chi connectivity index (χ1) is 19.2. The molecule has 11 heteroatoms. The number of esters is 1. The van der Waals surface area contributed by atoms with Crippen LogP contribution in [0.3, 0.4) is 0 Å². The van der Waals surface area contributed by atoms with Gasteiger partial charge in [-0.05, 0) is 40.0 Å². The summed E-state index contributed by atoms with van der Waals surface area (Å²) < 4.78 is 9.06. The third-order valence-corrected chi connectivity index (χ3v) is 8.33. The highest BCUT2D eigenvalue weighted by molar-refractivity contribution is 8.02. The molecule has 3 aromatic carbocycles. The van der Waals surface area contributed by atoms with Gasteiger partial charge < -0.3 is 19.7 Å². The van der Waals surface area contributed by atoms with Gasteiger partial charge in [0.05, 0.1) is 13.5 Å². The Morgan fingerprint density at radius 1 is 1.00 bits per heavy atom. The Morgan fingerprint density at radius 2 is 1.70 bits per heavy atom. The summed E-state index contributed by atoms with van der Waals surface area (Å²) in [6.07, 6.45) is 0.509. The van der Waals surface area contributed by atoms with Crippen molar-refractivity contribution in [3.63, 3.8) is 0 Å². The van der Waals surface area contributed by atoms with E-state index in [1.165, 1.54) is 16.7 Å². The molecule has 7 nitrogen and oxygen atoms in total. The molecule has 3 aromatic rings. The van der Waals surface area contributed by atoms with Crippen LogP contribution in [-0.4, -0.2) is 57.7 Å². The molecule has 0 saturated carbocycles. The maximum atomic E-state index is 13.4. The maximum absolute atomic E-state index is 13.4. The van der Waals surface area contributed by atoms with Crippen molar-refractivity contribution in [2.24, 2.45) is 0 Å². The van der Waals surface area contributed by atoms with Gasteiger partial charge in [-0.3, -0.25) is 9.59 Å². The smallest absolute Gasteiger partial charge is 0.333 e. The number of alkyl halides is 3. The standard InChI is InChI=1S/C29H25Cl3N2O5S/c1-38-22-12-11-18(20-9-5-6-10-21(20)22)14-19-15-40-27-24(33-23(35)13-17-7-3-2-4-8-17)26(36)34(27)25(19)28(37)39-16-29(30,31)32/h2-12,15,24-25,27H,13-14,16H2,1H3,(H,33,35)/t24-,25?,27-/m1/s1. The minimum atomic E-state index is -1.80. The van der Waals surface area contributed by atoms with Gasteiger partial charge in [-0.25, -0.2) is 4.79 Å². The lowest BCUT2D eigenvalue weighted by Gasteiger charge is -2.51. The van der Waals surface area contributed by atoms with Gasteiger partial charge in [0.25, 0.3) is 0 Å². The number of benzene rings is 3. The predicted molar refractivity (Wildman–Crippen MR) is 158 cm³/mol. The van der Waals surface area contributed by atoms with Gasteiger partial charge in [-0.2, -0.15) is 0 Å². The lowest BCUT2D eigenvalue weighted by molar-refractivity contribution is -0.163. The summed E-state index contributed by atoms with van der Waals surface area (Å²) in [6, 6.07) is 19.1. The van der Waals surface area contributed by atoms with Crippen molar-refractivity contribution in [1.82, 2.24) is 10.2 Å². The molecule has 208 valence electrons. The quantitative estimate of drug-likeness (QED) is 0.212. The first-order valence-corrected chi connectivity index (χ1v) is 14.5.